The molecule has 1 amide bonds. The molecule has 1 unspecified atom stereocenters. The van der Waals surface area contributed by atoms with Crippen LogP contribution in [0.25, 0.3) is 10.2 Å². The van der Waals surface area contributed by atoms with Gasteiger partial charge in [0.15, 0.2) is 0 Å². The number of carbonyl (C=O) groups is 1. The van der Waals surface area contributed by atoms with Crippen LogP contribution in [-0.4, -0.2) is 47.1 Å². The van der Waals surface area contributed by atoms with Gasteiger partial charge in [0.2, 0.25) is 6.41 Å². The Kier molecular flexibility index (Phi) is 7.40. The van der Waals surface area contributed by atoms with E-state index in [2.05, 4.69) is 27.9 Å². The Morgan fingerprint density at radius 1 is 1.34 bits per heavy atom. The Morgan fingerprint density at radius 2 is 2.16 bits per heavy atom. The summed E-state index contributed by atoms with van der Waals surface area (Å²) in [6.45, 7) is 4.08. The summed E-state index contributed by atoms with van der Waals surface area (Å²) in [5.74, 6) is 0.800. The van der Waals surface area contributed by atoms with Crippen LogP contribution in [0, 0.1) is 0 Å². The van der Waals surface area contributed by atoms with Crippen molar-refractivity contribution in [2.75, 3.05) is 30.8 Å². The van der Waals surface area contributed by atoms with E-state index in [4.69, 9.17) is 22.1 Å². The molecule has 2 aliphatic rings. The average molecular weight is 492 g/mol. The van der Waals surface area contributed by atoms with Gasteiger partial charge >= 0.3 is 0 Å². The van der Waals surface area contributed by atoms with Gasteiger partial charge in [0.05, 0.1) is 35.4 Å². The van der Waals surface area contributed by atoms with Crippen LogP contribution in [0.3, 0.4) is 0 Å². The molecular formula is C22H26ClN5O2S2. The molecule has 1 atom stereocenters. The number of nitrogens with zero attached hydrogens (tertiary/aromatic N) is 3. The van der Waals surface area contributed by atoms with Gasteiger partial charge in [-0.2, -0.15) is 0 Å². The summed E-state index contributed by atoms with van der Waals surface area (Å²) < 4.78 is 5.11. The van der Waals surface area contributed by atoms with Crippen LogP contribution >= 0.6 is 35.6 Å². The minimum absolute atomic E-state index is 0.260. The molecule has 1 fully saturated rings. The van der Waals surface area contributed by atoms with Crippen LogP contribution in [-0.2, 0) is 22.4 Å². The zero-order chi connectivity index (χ0) is 22.7. The van der Waals surface area contributed by atoms with Gasteiger partial charge < -0.3 is 20.7 Å². The van der Waals surface area contributed by atoms with E-state index in [-0.39, 0.29) is 6.04 Å². The molecule has 0 spiro atoms. The molecule has 3 N–H and O–H groups in total. The van der Waals surface area contributed by atoms with E-state index < -0.39 is 0 Å². The lowest BCUT2D eigenvalue weighted by molar-refractivity contribution is -0.125. The number of hydrogen-bond acceptors (Lipinski definition) is 8. The second-order valence-electron chi connectivity index (χ2n) is 7.90. The molecule has 1 aromatic carbocycles. The Bertz CT molecular complexity index is 1120. The number of fused-ring (bicyclic) bond motifs is 3. The first-order valence-electron chi connectivity index (χ1n) is 10.6. The molecule has 1 aliphatic carbocycles. The normalized spacial score (nSPS) is 18.0. The zero-order valence-electron chi connectivity index (χ0n) is 17.8. The highest BCUT2D eigenvalue weighted by Gasteiger charge is 2.20. The van der Waals surface area contributed by atoms with E-state index in [0.717, 1.165) is 47.5 Å². The van der Waals surface area contributed by atoms with Crippen molar-refractivity contribution in [3.63, 3.8) is 0 Å². The number of aryl methyl sites for hydroxylation is 2. The van der Waals surface area contributed by atoms with E-state index in [1.807, 2.05) is 13.0 Å². The lowest BCUT2D eigenvalue weighted by atomic mass is 9.97. The maximum absolute atomic E-state index is 10.2. The Labute approximate surface area is 201 Å². The third-order valence-corrected chi connectivity index (χ3v) is 7.58. The number of morpholine rings is 1. The van der Waals surface area contributed by atoms with Gasteiger partial charge in [0, 0.05) is 22.0 Å². The number of nitrogens with two attached hydrogens (primary N) is 1. The summed E-state index contributed by atoms with van der Waals surface area (Å²) >= 11 is 12.4. The standard InChI is InChI=1S/C16H15ClN4S2.C6H11NO2/c17-9-5-10(18)12(22)6-11(9)21-15-14-8-3-1-2-4-13(8)23-16(14)20-7-19-15;1-6-4-9-3-2-7(6)5-8/h5-7,22H,1-4,18H2,(H,19,20,21);5-6H,2-4H2,1H3. The molecule has 3 aromatic rings. The SMILES string of the molecule is CC1COCCN1C=O.Nc1cc(Cl)c(Nc2ncnc3sc4c(c23)CCCC4)cc1S. The third-order valence-electron chi connectivity index (χ3n) is 5.68. The van der Waals surface area contributed by atoms with Crippen LogP contribution in [0.1, 0.15) is 30.2 Å². The van der Waals surface area contributed by atoms with Crippen molar-refractivity contribution in [2.45, 2.75) is 43.5 Å². The quantitative estimate of drug-likeness (QED) is 0.279. The summed E-state index contributed by atoms with van der Waals surface area (Å²) in [4.78, 5) is 24.0. The van der Waals surface area contributed by atoms with E-state index in [1.54, 1.807) is 28.6 Å². The Morgan fingerprint density at radius 3 is 2.91 bits per heavy atom. The maximum Gasteiger partial charge on any atom is 0.210 e. The fourth-order valence-corrected chi connectivity index (χ4v) is 5.52. The first-order valence-corrected chi connectivity index (χ1v) is 12.2. The molecule has 0 radical (unpaired) electrons. The summed E-state index contributed by atoms with van der Waals surface area (Å²) in [5, 5.41) is 5.02. The van der Waals surface area contributed by atoms with Crippen molar-refractivity contribution < 1.29 is 9.53 Å². The van der Waals surface area contributed by atoms with Crippen molar-refractivity contribution in [1.82, 2.24) is 14.9 Å². The monoisotopic (exact) mass is 491 g/mol. The fourth-order valence-electron chi connectivity index (χ4n) is 3.88. The van der Waals surface area contributed by atoms with Crippen molar-refractivity contribution in [3.05, 3.63) is 33.9 Å². The number of thiol groups is 1. The highest BCUT2D eigenvalue weighted by Crippen LogP contribution is 2.40. The van der Waals surface area contributed by atoms with E-state index in [0.29, 0.717) is 28.8 Å². The first-order chi connectivity index (χ1) is 15.5. The molecule has 10 heteroatoms. The fraction of sp³-hybridized carbons (Fsp3) is 0.409. The largest absolute Gasteiger partial charge is 0.398 e. The lowest BCUT2D eigenvalue weighted by Gasteiger charge is -2.29. The average Bonchev–Trinajstić information content (AvgIpc) is 3.18. The smallest absolute Gasteiger partial charge is 0.210 e. The highest BCUT2D eigenvalue weighted by molar-refractivity contribution is 7.80. The van der Waals surface area contributed by atoms with Crippen LogP contribution in [0.2, 0.25) is 5.02 Å². The number of aromatic nitrogens is 2. The van der Waals surface area contributed by atoms with Crippen LogP contribution in [0.15, 0.2) is 23.4 Å². The summed E-state index contributed by atoms with van der Waals surface area (Å²) in [7, 11) is 0. The number of hydrogen-bond donors (Lipinski definition) is 3. The summed E-state index contributed by atoms with van der Waals surface area (Å²) in [5.41, 5.74) is 8.53. The third kappa shape index (κ3) is 4.96. The molecule has 7 nitrogen and oxygen atoms in total. The number of nitrogens with one attached hydrogen (secondary N) is 1. The lowest BCUT2D eigenvalue weighted by Crippen LogP contribution is -2.42. The van der Waals surface area contributed by atoms with Crippen molar-refractivity contribution in [1.29, 1.82) is 0 Å². The number of thiophene rings is 1. The Balaban J connectivity index is 0.000000230. The van der Waals surface area contributed by atoms with Crippen molar-refractivity contribution >= 4 is 69.4 Å². The predicted molar refractivity (Wildman–Crippen MR) is 134 cm³/mol. The second kappa shape index (κ2) is 10.2. The molecular weight excluding hydrogens is 466 g/mol. The van der Waals surface area contributed by atoms with Gasteiger partial charge in [-0.3, -0.25) is 4.79 Å². The number of benzene rings is 1. The van der Waals surface area contributed by atoms with Crippen LogP contribution in [0.5, 0.6) is 0 Å². The molecule has 1 aliphatic heterocycles. The highest BCUT2D eigenvalue weighted by atomic mass is 35.5. The minimum Gasteiger partial charge on any atom is -0.398 e. The van der Waals surface area contributed by atoms with Gasteiger partial charge in [0.25, 0.3) is 0 Å². The zero-order valence-corrected chi connectivity index (χ0v) is 20.3. The molecule has 0 saturated carbocycles. The number of ether oxygens (including phenoxy) is 1. The predicted octanol–water partition coefficient (Wildman–Crippen LogP) is 4.70. The van der Waals surface area contributed by atoms with Gasteiger partial charge in [-0.15, -0.1) is 24.0 Å². The van der Waals surface area contributed by atoms with E-state index in [9.17, 15) is 4.79 Å². The number of anilines is 3. The molecule has 32 heavy (non-hydrogen) atoms. The molecule has 1 saturated heterocycles. The van der Waals surface area contributed by atoms with Gasteiger partial charge in [-0.05, 0) is 50.3 Å². The summed E-state index contributed by atoms with van der Waals surface area (Å²) in [6.07, 6.45) is 7.18. The molecule has 5 rings (SSSR count). The number of carbonyl (C=O) groups excluding carboxylic acids is 1. The summed E-state index contributed by atoms with van der Waals surface area (Å²) in [6, 6.07) is 3.79. The topological polar surface area (TPSA) is 93.4 Å². The number of amides is 1. The van der Waals surface area contributed by atoms with Crippen LogP contribution in [0.4, 0.5) is 17.2 Å². The molecule has 3 heterocycles. The minimum atomic E-state index is 0.260. The second-order valence-corrected chi connectivity index (χ2v) is 9.87. The Hall–Kier alpha value is -2.07. The number of rotatable bonds is 3. The van der Waals surface area contributed by atoms with Crippen molar-refractivity contribution in [2.24, 2.45) is 0 Å². The van der Waals surface area contributed by atoms with Gasteiger partial charge in [0.1, 0.15) is 17.0 Å². The van der Waals surface area contributed by atoms with Gasteiger partial charge in [-0.1, -0.05) is 11.6 Å². The maximum atomic E-state index is 10.2. The first kappa shape index (κ1) is 23.1. The van der Waals surface area contributed by atoms with Crippen molar-refractivity contribution in [3.8, 4) is 0 Å². The van der Waals surface area contributed by atoms with E-state index >= 15 is 0 Å². The number of nitrogen functional groups attached to an aromatic ring is 1. The molecule has 2 aromatic heterocycles. The van der Waals surface area contributed by atoms with Crippen LogP contribution < -0.4 is 11.1 Å². The van der Waals surface area contributed by atoms with Gasteiger partial charge in [-0.25, -0.2) is 9.97 Å². The molecule has 0 bridgehead atoms. The molecule has 170 valence electrons. The number of halogens is 1. The van der Waals surface area contributed by atoms with E-state index in [1.165, 1.54) is 23.3 Å².